The van der Waals surface area contributed by atoms with E-state index in [4.69, 9.17) is 0 Å². The van der Waals surface area contributed by atoms with E-state index in [1.54, 1.807) is 6.92 Å². The van der Waals surface area contributed by atoms with Gasteiger partial charge in [0.2, 0.25) is 0 Å². The Hall–Kier alpha value is -1.11. The van der Waals surface area contributed by atoms with E-state index in [1.807, 2.05) is 30.3 Å². The summed E-state index contributed by atoms with van der Waals surface area (Å²) in [6.07, 6.45) is 0.944. The summed E-state index contributed by atoms with van der Waals surface area (Å²) in [5, 5.41) is 0. The molecule has 1 rings (SSSR count). The van der Waals surface area contributed by atoms with Gasteiger partial charge in [-0.15, -0.1) is 0 Å². The molecule has 1 aromatic carbocycles. The standard InChI is InChI=1S/C13H18O/c1-10(2)9-13(11(3)14)12-7-5-4-6-8-12/h4-8,10,13H,9H2,1-3H3. The Morgan fingerprint density at radius 1 is 1.21 bits per heavy atom. The minimum Gasteiger partial charge on any atom is -0.299 e. The normalized spacial score (nSPS) is 12.9. The lowest BCUT2D eigenvalue weighted by Crippen LogP contribution is -2.11. The van der Waals surface area contributed by atoms with Crippen LogP contribution in [0.3, 0.4) is 0 Å². The van der Waals surface area contributed by atoms with Crippen LogP contribution in [0.1, 0.15) is 38.7 Å². The molecule has 0 heterocycles. The Morgan fingerprint density at radius 2 is 1.79 bits per heavy atom. The van der Waals surface area contributed by atoms with Crippen LogP contribution in [-0.2, 0) is 4.79 Å². The molecule has 1 nitrogen and oxygen atoms in total. The molecule has 1 heteroatoms. The number of carbonyl (C=O) groups is 1. The van der Waals surface area contributed by atoms with E-state index in [0.29, 0.717) is 5.92 Å². The molecule has 0 N–H and O–H groups in total. The molecule has 0 amide bonds. The summed E-state index contributed by atoms with van der Waals surface area (Å²) in [5.41, 5.74) is 1.15. The Morgan fingerprint density at radius 3 is 2.21 bits per heavy atom. The Balaban J connectivity index is 2.84. The van der Waals surface area contributed by atoms with Crippen LogP contribution in [0.4, 0.5) is 0 Å². The molecule has 14 heavy (non-hydrogen) atoms. The second-order valence-corrected chi connectivity index (χ2v) is 4.20. The number of hydrogen-bond acceptors (Lipinski definition) is 1. The first-order chi connectivity index (χ1) is 6.61. The van der Waals surface area contributed by atoms with Gasteiger partial charge in [-0.3, -0.25) is 4.79 Å². The molecule has 0 aliphatic rings. The molecule has 0 spiro atoms. The summed E-state index contributed by atoms with van der Waals surface area (Å²) in [6, 6.07) is 10.0. The van der Waals surface area contributed by atoms with Crippen LogP contribution in [-0.4, -0.2) is 5.78 Å². The zero-order chi connectivity index (χ0) is 10.6. The van der Waals surface area contributed by atoms with Gasteiger partial charge in [0.05, 0.1) is 0 Å². The smallest absolute Gasteiger partial charge is 0.137 e. The molecule has 0 saturated carbocycles. The first-order valence-electron chi connectivity index (χ1n) is 5.16. The van der Waals surface area contributed by atoms with Crippen LogP contribution in [0.2, 0.25) is 0 Å². The van der Waals surface area contributed by atoms with E-state index in [1.165, 1.54) is 0 Å². The van der Waals surface area contributed by atoms with Crippen LogP contribution >= 0.6 is 0 Å². The maximum absolute atomic E-state index is 11.5. The molecule has 0 saturated heterocycles. The molecule has 1 aromatic rings. The average molecular weight is 190 g/mol. The van der Waals surface area contributed by atoms with E-state index < -0.39 is 0 Å². The summed E-state index contributed by atoms with van der Waals surface area (Å²) in [7, 11) is 0. The highest BCUT2D eigenvalue weighted by molar-refractivity contribution is 5.83. The molecule has 0 bridgehead atoms. The number of rotatable bonds is 4. The van der Waals surface area contributed by atoms with Crippen LogP contribution in [0.25, 0.3) is 0 Å². The fraction of sp³-hybridized carbons (Fsp3) is 0.462. The summed E-state index contributed by atoms with van der Waals surface area (Å²) in [5.74, 6) is 0.908. The number of carbonyl (C=O) groups excluding carboxylic acids is 1. The Labute approximate surface area is 86.1 Å². The predicted molar refractivity (Wildman–Crippen MR) is 59.3 cm³/mol. The van der Waals surface area contributed by atoms with E-state index in [9.17, 15) is 4.79 Å². The van der Waals surface area contributed by atoms with Gasteiger partial charge in [-0.25, -0.2) is 0 Å². The largest absolute Gasteiger partial charge is 0.299 e. The first kappa shape index (κ1) is 11.0. The summed E-state index contributed by atoms with van der Waals surface area (Å²) in [4.78, 5) is 11.5. The van der Waals surface area contributed by atoms with E-state index >= 15 is 0 Å². The summed E-state index contributed by atoms with van der Waals surface area (Å²) in [6.45, 7) is 5.98. The lowest BCUT2D eigenvalue weighted by molar-refractivity contribution is -0.118. The maximum atomic E-state index is 11.5. The van der Waals surface area contributed by atoms with Gasteiger partial charge in [0.1, 0.15) is 5.78 Å². The van der Waals surface area contributed by atoms with Gasteiger partial charge in [-0.05, 0) is 24.8 Å². The third kappa shape index (κ3) is 2.99. The average Bonchev–Trinajstić information content (AvgIpc) is 2.15. The van der Waals surface area contributed by atoms with Crippen molar-refractivity contribution in [2.45, 2.75) is 33.1 Å². The van der Waals surface area contributed by atoms with Gasteiger partial charge in [-0.1, -0.05) is 44.2 Å². The summed E-state index contributed by atoms with van der Waals surface area (Å²) < 4.78 is 0. The molecular weight excluding hydrogens is 172 g/mol. The number of benzene rings is 1. The first-order valence-corrected chi connectivity index (χ1v) is 5.16. The van der Waals surface area contributed by atoms with Crippen molar-refractivity contribution in [2.75, 3.05) is 0 Å². The van der Waals surface area contributed by atoms with Crippen molar-refractivity contribution in [2.24, 2.45) is 5.92 Å². The monoisotopic (exact) mass is 190 g/mol. The lowest BCUT2D eigenvalue weighted by atomic mass is 9.88. The SMILES string of the molecule is CC(=O)C(CC(C)C)c1ccccc1. The molecular formula is C13H18O. The fourth-order valence-corrected chi connectivity index (χ4v) is 1.69. The quantitative estimate of drug-likeness (QED) is 0.711. The maximum Gasteiger partial charge on any atom is 0.137 e. The third-order valence-electron chi connectivity index (χ3n) is 2.40. The summed E-state index contributed by atoms with van der Waals surface area (Å²) >= 11 is 0. The molecule has 0 aliphatic carbocycles. The van der Waals surface area contributed by atoms with Crippen molar-refractivity contribution in [3.8, 4) is 0 Å². The molecule has 0 aliphatic heterocycles. The van der Waals surface area contributed by atoms with Crippen molar-refractivity contribution in [3.05, 3.63) is 35.9 Å². The van der Waals surface area contributed by atoms with Gasteiger partial charge in [0.15, 0.2) is 0 Å². The van der Waals surface area contributed by atoms with Crippen LogP contribution in [0, 0.1) is 5.92 Å². The van der Waals surface area contributed by atoms with Gasteiger partial charge < -0.3 is 0 Å². The van der Waals surface area contributed by atoms with E-state index in [0.717, 1.165) is 12.0 Å². The Kier molecular flexibility index (Phi) is 3.87. The van der Waals surface area contributed by atoms with Crippen molar-refractivity contribution >= 4 is 5.78 Å². The number of hydrogen-bond donors (Lipinski definition) is 0. The van der Waals surface area contributed by atoms with E-state index in [-0.39, 0.29) is 11.7 Å². The zero-order valence-corrected chi connectivity index (χ0v) is 9.16. The van der Waals surface area contributed by atoms with E-state index in [2.05, 4.69) is 13.8 Å². The minimum absolute atomic E-state index is 0.0798. The second kappa shape index (κ2) is 4.94. The van der Waals surface area contributed by atoms with Crippen molar-refractivity contribution < 1.29 is 4.79 Å². The molecule has 76 valence electrons. The topological polar surface area (TPSA) is 17.1 Å². The van der Waals surface area contributed by atoms with Crippen molar-refractivity contribution in [1.29, 1.82) is 0 Å². The predicted octanol–water partition coefficient (Wildman–Crippen LogP) is 3.41. The highest BCUT2D eigenvalue weighted by Gasteiger charge is 2.17. The number of Topliss-reactive ketones (excluding diaryl/α,β-unsaturated/α-hetero) is 1. The third-order valence-corrected chi connectivity index (χ3v) is 2.40. The molecule has 0 radical (unpaired) electrons. The molecule has 0 fully saturated rings. The van der Waals surface area contributed by atoms with Gasteiger partial charge >= 0.3 is 0 Å². The molecule has 1 unspecified atom stereocenters. The zero-order valence-electron chi connectivity index (χ0n) is 9.16. The van der Waals surface area contributed by atoms with Crippen LogP contribution in [0.15, 0.2) is 30.3 Å². The van der Waals surface area contributed by atoms with Crippen molar-refractivity contribution in [1.82, 2.24) is 0 Å². The van der Waals surface area contributed by atoms with Gasteiger partial charge in [-0.2, -0.15) is 0 Å². The highest BCUT2D eigenvalue weighted by Crippen LogP contribution is 2.24. The molecule has 1 atom stereocenters. The second-order valence-electron chi connectivity index (χ2n) is 4.20. The highest BCUT2D eigenvalue weighted by atomic mass is 16.1. The minimum atomic E-state index is 0.0798. The Bertz CT molecular complexity index is 287. The van der Waals surface area contributed by atoms with Crippen molar-refractivity contribution in [3.63, 3.8) is 0 Å². The van der Waals surface area contributed by atoms with Crippen LogP contribution in [0.5, 0.6) is 0 Å². The molecule has 0 aromatic heterocycles. The van der Waals surface area contributed by atoms with Gasteiger partial charge in [0, 0.05) is 5.92 Å². The number of ketones is 1. The fourth-order valence-electron chi connectivity index (χ4n) is 1.69. The van der Waals surface area contributed by atoms with Gasteiger partial charge in [0.25, 0.3) is 0 Å². The lowest BCUT2D eigenvalue weighted by Gasteiger charge is -2.16. The van der Waals surface area contributed by atoms with Crippen LogP contribution < -0.4 is 0 Å².